The lowest BCUT2D eigenvalue weighted by Gasteiger charge is -2.30. The summed E-state index contributed by atoms with van der Waals surface area (Å²) in [6, 6.07) is 12.6. The largest absolute Gasteiger partial charge is 0.480 e. The molecule has 5 amide bonds. The predicted octanol–water partition coefficient (Wildman–Crippen LogP) is 3.10. The second-order valence-corrected chi connectivity index (χ2v) is 15.6. The van der Waals surface area contributed by atoms with E-state index in [9.17, 15) is 33.9 Å². The molecule has 54 heavy (non-hydrogen) atoms. The van der Waals surface area contributed by atoms with Gasteiger partial charge < -0.3 is 37.4 Å². The van der Waals surface area contributed by atoms with E-state index in [0.717, 1.165) is 11.1 Å². The van der Waals surface area contributed by atoms with Crippen LogP contribution in [0.25, 0.3) is 0 Å². The van der Waals surface area contributed by atoms with E-state index in [4.69, 9.17) is 5.73 Å². The van der Waals surface area contributed by atoms with E-state index in [1.54, 1.807) is 52.0 Å². The molecular weight excluding hydrogens is 688 g/mol. The van der Waals surface area contributed by atoms with Crippen molar-refractivity contribution in [1.29, 1.82) is 0 Å². The van der Waals surface area contributed by atoms with Crippen LogP contribution in [0.2, 0.25) is 0 Å². The number of hydrogen-bond acceptors (Lipinski definition) is 7. The molecule has 13 heteroatoms. The molecule has 0 spiro atoms. The first-order valence-corrected chi connectivity index (χ1v) is 18.9. The quantitative estimate of drug-likeness (QED) is 0.0949. The Morgan fingerprint density at radius 1 is 0.556 bits per heavy atom. The summed E-state index contributed by atoms with van der Waals surface area (Å²) in [6.45, 7) is 14.7. The fourth-order valence-corrected chi connectivity index (χ4v) is 6.00. The second-order valence-electron chi connectivity index (χ2n) is 15.6. The molecule has 0 saturated carbocycles. The van der Waals surface area contributed by atoms with Gasteiger partial charge in [-0.05, 0) is 47.6 Å². The molecular formula is C41H62N6O7. The van der Waals surface area contributed by atoms with Gasteiger partial charge in [-0.25, -0.2) is 4.79 Å². The maximum Gasteiger partial charge on any atom is 0.326 e. The number of carboxylic acids is 1. The van der Waals surface area contributed by atoms with Gasteiger partial charge in [0.1, 0.15) is 24.2 Å². The standard InChI is InChI=1S/C41H62N6O7/c1-24(2)19-32(43-34(48)20-25(3)4)38(50)46-36(26(5)6)40(52)45-31(21-28-15-11-9-12-16-28)30(42)23-35(49)44-33(22-29-17-13-10-14-18-29)39(51)47-37(27(7)8)41(53)54/h9-18,24-27,30-33,36-37H,19-23,42H2,1-8H3,(H,43,48)(H,44,49)(H,45,52)(H,46,50)(H,47,51)(H,53,54)/t30-,31-,32-,33-,36-,37-/m0/s1. The Balaban J connectivity index is 2.30. The molecule has 2 rings (SSSR count). The van der Waals surface area contributed by atoms with Gasteiger partial charge in [-0.3, -0.25) is 24.0 Å². The zero-order chi connectivity index (χ0) is 40.5. The average Bonchev–Trinajstić information content (AvgIpc) is 3.08. The molecule has 6 atom stereocenters. The van der Waals surface area contributed by atoms with Crippen molar-refractivity contribution in [2.45, 2.75) is 124 Å². The van der Waals surface area contributed by atoms with E-state index >= 15 is 0 Å². The van der Waals surface area contributed by atoms with Gasteiger partial charge in [0.25, 0.3) is 0 Å². The predicted molar refractivity (Wildman–Crippen MR) is 209 cm³/mol. The van der Waals surface area contributed by atoms with Crippen molar-refractivity contribution in [2.75, 3.05) is 0 Å². The summed E-state index contributed by atoms with van der Waals surface area (Å²) >= 11 is 0. The van der Waals surface area contributed by atoms with Crippen LogP contribution < -0.4 is 32.3 Å². The summed E-state index contributed by atoms with van der Waals surface area (Å²) in [5.41, 5.74) is 8.27. The lowest BCUT2D eigenvalue weighted by molar-refractivity contribution is -0.143. The molecule has 0 aromatic heterocycles. The van der Waals surface area contributed by atoms with Crippen LogP contribution in [-0.4, -0.2) is 76.9 Å². The highest BCUT2D eigenvalue weighted by Gasteiger charge is 2.33. The molecule has 2 aromatic carbocycles. The smallest absolute Gasteiger partial charge is 0.326 e. The van der Waals surface area contributed by atoms with E-state index in [-0.39, 0.29) is 49.3 Å². The maximum atomic E-state index is 13.9. The number of nitrogens with two attached hydrogens (primary N) is 1. The average molecular weight is 751 g/mol. The summed E-state index contributed by atoms with van der Waals surface area (Å²) in [4.78, 5) is 78.9. The fraction of sp³-hybridized carbons (Fsp3) is 0.561. The van der Waals surface area contributed by atoms with Crippen LogP contribution in [0.1, 0.15) is 85.8 Å². The van der Waals surface area contributed by atoms with Gasteiger partial charge in [0.15, 0.2) is 0 Å². The lowest BCUT2D eigenvalue weighted by Crippen LogP contribution is -2.59. The number of carboxylic acid groups (broad SMARTS) is 1. The van der Waals surface area contributed by atoms with Gasteiger partial charge in [0, 0.05) is 31.3 Å². The molecule has 0 aliphatic carbocycles. The van der Waals surface area contributed by atoms with Crippen molar-refractivity contribution in [3.63, 3.8) is 0 Å². The summed E-state index contributed by atoms with van der Waals surface area (Å²) < 4.78 is 0. The van der Waals surface area contributed by atoms with Gasteiger partial charge in [-0.15, -0.1) is 0 Å². The zero-order valence-corrected chi connectivity index (χ0v) is 33.1. The topological polar surface area (TPSA) is 209 Å². The monoisotopic (exact) mass is 750 g/mol. The van der Waals surface area contributed by atoms with Gasteiger partial charge in [-0.2, -0.15) is 0 Å². The minimum atomic E-state index is -1.19. The SMILES string of the molecule is CC(C)CC(=O)N[C@@H](CC(C)C)C(=O)N[C@H](C(=O)N[C@@H](Cc1ccccc1)[C@@H](N)CC(=O)N[C@@H](Cc1ccccc1)C(=O)N[C@H](C(=O)O)C(C)C)C(C)C. The molecule has 0 bridgehead atoms. The normalized spacial score (nSPS) is 14.8. The molecule has 0 aliphatic heterocycles. The molecule has 8 N–H and O–H groups in total. The fourth-order valence-electron chi connectivity index (χ4n) is 6.00. The number of amides is 5. The molecule has 0 saturated heterocycles. The third-order valence-electron chi connectivity index (χ3n) is 8.93. The van der Waals surface area contributed by atoms with Gasteiger partial charge in [0.05, 0.1) is 0 Å². The van der Waals surface area contributed by atoms with E-state index in [2.05, 4.69) is 26.6 Å². The number of carbonyl (C=O) groups is 6. The Labute approximate surface area is 320 Å². The number of hydrogen-bond donors (Lipinski definition) is 7. The van der Waals surface area contributed by atoms with Crippen molar-refractivity contribution < 1.29 is 33.9 Å². The van der Waals surface area contributed by atoms with E-state index in [1.807, 2.05) is 64.1 Å². The third-order valence-corrected chi connectivity index (χ3v) is 8.93. The molecule has 0 radical (unpaired) electrons. The van der Waals surface area contributed by atoms with Crippen molar-refractivity contribution >= 4 is 35.5 Å². The first-order chi connectivity index (χ1) is 25.4. The van der Waals surface area contributed by atoms with Crippen LogP contribution >= 0.6 is 0 Å². The minimum Gasteiger partial charge on any atom is -0.480 e. The van der Waals surface area contributed by atoms with Crippen molar-refractivity contribution in [3.05, 3.63) is 71.8 Å². The van der Waals surface area contributed by atoms with Crippen LogP contribution in [0.4, 0.5) is 0 Å². The number of nitrogens with one attached hydrogen (secondary N) is 5. The summed E-state index contributed by atoms with van der Waals surface area (Å²) in [6.07, 6.45) is 0.745. The molecule has 2 aromatic rings. The molecule has 0 unspecified atom stereocenters. The van der Waals surface area contributed by atoms with Crippen molar-refractivity contribution in [1.82, 2.24) is 26.6 Å². The molecule has 298 valence electrons. The molecule has 13 nitrogen and oxygen atoms in total. The number of rotatable bonds is 22. The minimum absolute atomic E-state index is 0.0954. The Hall–Kier alpha value is -4.78. The Bertz CT molecular complexity index is 1520. The Morgan fingerprint density at radius 3 is 1.50 bits per heavy atom. The van der Waals surface area contributed by atoms with Crippen LogP contribution in [0.5, 0.6) is 0 Å². The van der Waals surface area contributed by atoms with Crippen LogP contribution in [-0.2, 0) is 41.6 Å². The number of aliphatic carboxylic acids is 1. The van der Waals surface area contributed by atoms with Gasteiger partial charge in [0.2, 0.25) is 29.5 Å². The Morgan fingerprint density at radius 2 is 1.02 bits per heavy atom. The Kier molecular flexibility index (Phi) is 18.9. The van der Waals surface area contributed by atoms with Crippen LogP contribution in [0.3, 0.4) is 0 Å². The van der Waals surface area contributed by atoms with Crippen LogP contribution in [0, 0.1) is 23.7 Å². The first kappa shape index (κ1) is 45.4. The van der Waals surface area contributed by atoms with Gasteiger partial charge in [-0.1, -0.05) is 116 Å². The van der Waals surface area contributed by atoms with E-state index < -0.39 is 71.8 Å². The summed E-state index contributed by atoms with van der Waals surface area (Å²) in [5, 5.41) is 23.6. The summed E-state index contributed by atoms with van der Waals surface area (Å²) in [5.74, 6) is -4.15. The zero-order valence-electron chi connectivity index (χ0n) is 33.1. The van der Waals surface area contributed by atoms with Crippen molar-refractivity contribution in [2.24, 2.45) is 29.4 Å². The maximum absolute atomic E-state index is 13.9. The molecule has 0 aliphatic rings. The third kappa shape index (κ3) is 16.1. The van der Waals surface area contributed by atoms with E-state index in [0.29, 0.717) is 6.42 Å². The first-order valence-electron chi connectivity index (χ1n) is 18.9. The number of carbonyl (C=O) groups excluding carboxylic acids is 5. The highest BCUT2D eigenvalue weighted by molar-refractivity contribution is 5.93. The highest BCUT2D eigenvalue weighted by atomic mass is 16.4. The van der Waals surface area contributed by atoms with Crippen LogP contribution in [0.15, 0.2) is 60.7 Å². The number of benzene rings is 2. The molecule has 0 fully saturated rings. The molecule has 0 heterocycles. The van der Waals surface area contributed by atoms with E-state index in [1.165, 1.54) is 0 Å². The van der Waals surface area contributed by atoms with Crippen molar-refractivity contribution in [3.8, 4) is 0 Å². The lowest BCUT2D eigenvalue weighted by atomic mass is 9.95. The highest BCUT2D eigenvalue weighted by Crippen LogP contribution is 2.13. The van der Waals surface area contributed by atoms with Gasteiger partial charge >= 0.3 is 5.97 Å². The second kappa shape index (κ2) is 22.4. The summed E-state index contributed by atoms with van der Waals surface area (Å²) in [7, 11) is 0.